The lowest BCUT2D eigenvalue weighted by molar-refractivity contribution is 0.303. The van der Waals surface area contributed by atoms with Crippen LogP contribution in [0.1, 0.15) is 18.9 Å². The van der Waals surface area contributed by atoms with Crippen molar-refractivity contribution in [1.82, 2.24) is 0 Å². The summed E-state index contributed by atoms with van der Waals surface area (Å²) in [5.41, 5.74) is 0.754. The van der Waals surface area contributed by atoms with E-state index in [2.05, 4.69) is 15.9 Å². The lowest BCUT2D eigenvalue weighted by Gasteiger charge is -2.09. The first kappa shape index (κ1) is 14.5. The van der Waals surface area contributed by atoms with Gasteiger partial charge in [0.1, 0.15) is 5.75 Å². The summed E-state index contributed by atoms with van der Waals surface area (Å²) < 4.78 is 32.8. The maximum atomic E-state index is 10.9. The van der Waals surface area contributed by atoms with Crippen molar-refractivity contribution in [2.45, 2.75) is 20.0 Å². The molecular formula is C11H15BrO4S. The zero-order valence-electron chi connectivity index (χ0n) is 9.77. The molecule has 0 radical (unpaired) electrons. The summed E-state index contributed by atoms with van der Waals surface area (Å²) in [5.74, 6) is 0.696. The van der Waals surface area contributed by atoms with Gasteiger partial charge in [0.15, 0.2) is 0 Å². The predicted octanol–water partition coefficient (Wildman–Crippen LogP) is 2.71. The fourth-order valence-electron chi connectivity index (χ4n) is 1.14. The average Bonchev–Trinajstić information content (AvgIpc) is 2.25. The summed E-state index contributed by atoms with van der Waals surface area (Å²) >= 11 is 3.37. The topological polar surface area (TPSA) is 52.6 Å². The first-order valence-corrected chi connectivity index (χ1v) is 7.79. The van der Waals surface area contributed by atoms with Crippen molar-refractivity contribution in [2.75, 3.05) is 12.9 Å². The van der Waals surface area contributed by atoms with E-state index in [1.54, 1.807) is 12.1 Å². The molecule has 0 bridgehead atoms. The van der Waals surface area contributed by atoms with E-state index in [0.29, 0.717) is 12.4 Å². The molecule has 0 atom stereocenters. The number of hydrogen-bond donors (Lipinski definition) is 0. The minimum absolute atomic E-state index is 0.0224. The van der Waals surface area contributed by atoms with Gasteiger partial charge in [0.25, 0.3) is 10.1 Å². The molecule has 0 unspecified atom stereocenters. The van der Waals surface area contributed by atoms with Gasteiger partial charge >= 0.3 is 0 Å². The molecule has 1 rings (SSSR count). The highest BCUT2D eigenvalue weighted by molar-refractivity contribution is 9.10. The van der Waals surface area contributed by atoms with Crippen LogP contribution in [0.4, 0.5) is 0 Å². The minimum atomic E-state index is -3.41. The first-order valence-electron chi connectivity index (χ1n) is 5.18. The third-order valence-electron chi connectivity index (χ3n) is 1.90. The van der Waals surface area contributed by atoms with Gasteiger partial charge in [-0.15, -0.1) is 0 Å². The lowest BCUT2D eigenvalue weighted by Crippen LogP contribution is -2.03. The first-order chi connectivity index (χ1) is 7.92. The van der Waals surface area contributed by atoms with Gasteiger partial charge in [-0.1, -0.05) is 13.0 Å². The second kappa shape index (κ2) is 6.37. The van der Waals surface area contributed by atoms with E-state index >= 15 is 0 Å². The molecule has 6 heteroatoms. The van der Waals surface area contributed by atoms with Crippen LogP contribution in [0.15, 0.2) is 22.7 Å². The monoisotopic (exact) mass is 322 g/mol. The van der Waals surface area contributed by atoms with Gasteiger partial charge in [0, 0.05) is 0 Å². The molecule has 0 aliphatic rings. The summed E-state index contributed by atoms with van der Waals surface area (Å²) in [7, 11) is -3.41. The quantitative estimate of drug-likeness (QED) is 0.756. The fourth-order valence-corrected chi connectivity index (χ4v) is 1.85. The SMILES string of the molecule is CCCOc1cc(COS(C)(=O)=O)ccc1Br. The molecule has 0 saturated carbocycles. The van der Waals surface area contributed by atoms with E-state index in [9.17, 15) is 8.42 Å². The number of benzene rings is 1. The highest BCUT2D eigenvalue weighted by atomic mass is 79.9. The Labute approximate surface area is 110 Å². The van der Waals surface area contributed by atoms with Gasteiger partial charge in [-0.25, -0.2) is 0 Å². The van der Waals surface area contributed by atoms with Crippen molar-refractivity contribution in [3.05, 3.63) is 28.2 Å². The van der Waals surface area contributed by atoms with Crippen molar-refractivity contribution in [1.29, 1.82) is 0 Å². The smallest absolute Gasteiger partial charge is 0.264 e. The lowest BCUT2D eigenvalue weighted by atomic mass is 10.2. The Morgan fingerprint density at radius 1 is 1.35 bits per heavy atom. The summed E-state index contributed by atoms with van der Waals surface area (Å²) in [6, 6.07) is 5.37. The molecule has 0 fully saturated rings. The standard InChI is InChI=1S/C11H15BrO4S/c1-3-6-15-11-7-9(4-5-10(11)12)8-16-17(2,13)14/h4-5,7H,3,6,8H2,1-2H3. The summed E-state index contributed by atoms with van der Waals surface area (Å²) in [6.07, 6.45) is 1.94. The van der Waals surface area contributed by atoms with Crippen LogP contribution in [0.3, 0.4) is 0 Å². The van der Waals surface area contributed by atoms with Crippen LogP contribution in [0.5, 0.6) is 5.75 Å². The summed E-state index contributed by atoms with van der Waals surface area (Å²) in [4.78, 5) is 0. The van der Waals surface area contributed by atoms with Crippen molar-refractivity contribution in [3.63, 3.8) is 0 Å². The van der Waals surface area contributed by atoms with Crippen LogP contribution in [0.25, 0.3) is 0 Å². The molecule has 0 aromatic heterocycles. The molecule has 0 N–H and O–H groups in total. The zero-order valence-corrected chi connectivity index (χ0v) is 12.2. The molecule has 0 amide bonds. The Hall–Kier alpha value is -0.590. The van der Waals surface area contributed by atoms with Crippen LogP contribution in [-0.2, 0) is 20.9 Å². The molecule has 4 nitrogen and oxygen atoms in total. The third kappa shape index (κ3) is 5.52. The van der Waals surface area contributed by atoms with Gasteiger partial charge < -0.3 is 4.74 Å². The Kier molecular flexibility index (Phi) is 5.42. The number of ether oxygens (including phenoxy) is 1. The highest BCUT2D eigenvalue weighted by Gasteiger charge is 2.06. The van der Waals surface area contributed by atoms with Crippen LogP contribution < -0.4 is 4.74 Å². The third-order valence-corrected chi connectivity index (χ3v) is 3.10. The average molecular weight is 323 g/mol. The molecular weight excluding hydrogens is 308 g/mol. The van der Waals surface area contributed by atoms with Crippen molar-refractivity contribution >= 4 is 26.0 Å². The predicted molar refractivity (Wildman–Crippen MR) is 69.6 cm³/mol. The Morgan fingerprint density at radius 2 is 2.06 bits per heavy atom. The van der Waals surface area contributed by atoms with Crippen LogP contribution >= 0.6 is 15.9 Å². The highest BCUT2D eigenvalue weighted by Crippen LogP contribution is 2.26. The van der Waals surface area contributed by atoms with E-state index in [0.717, 1.165) is 22.7 Å². The Balaban J connectivity index is 2.74. The van der Waals surface area contributed by atoms with Crippen molar-refractivity contribution in [2.24, 2.45) is 0 Å². The second-order valence-electron chi connectivity index (χ2n) is 3.58. The largest absolute Gasteiger partial charge is 0.492 e. The molecule has 0 aliphatic carbocycles. The number of hydrogen-bond acceptors (Lipinski definition) is 4. The van der Waals surface area contributed by atoms with E-state index in [1.165, 1.54) is 0 Å². The van der Waals surface area contributed by atoms with Gasteiger partial charge in [-0.2, -0.15) is 8.42 Å². The van der Waals surface area contributed by atoms with Gasteiger partial charge in [0.05, 0.1) is 23.9 Å². The molecule has 0 spiro atoms. The van der Waals surface area contributed by atoms with Gasteiger partial charge in [-0.3, -0.25) is 4.18 Å². The molecule has 0 saturated heterocycles. The molecule has 96 valence electrons. The normalized spacial score (nSPS) is 11.5. The van der Waals surface area contributed by atoms with E-state index in [1.807, 2.05) is 13.0 Å². The van der Waals surface area contributed by atoms with Crippen molar-refractivity contribution < 1.29 is 17.3 Å². The Bertz CT molecular complexity index is 470. The van der Waals surface area contributed by atoms with Crippen LogP contribution in [-0.4, -0.2) is 21.3 Å². The van der Waals surface area contributed by atoms with Gasteiger partial charge in [0.2, 0.25) is 0 Å². The Morgan fingerprint density at radius 3 is 2.65 bits per heavy atom. The second-order valence-corrected chi connectivity index (χ2v) is 6.08. The number of rotatable bonds is 6. The van der Waals surface area contributed by atoms with E-state index in [-0.39, 0.29) is 6.61 Å². The van der Waals surface area contributed by atoms with Crippen LogP contribution in [0.2, 0.25) is 0 Å². The van der Waals surface area contributed by atoms with E-state index < -0.39 is 10.1 Å². The van der Waals surface area contributed by atoms with E-state index in [4.69, 9.17) is 8.92 Å². The molecule has 0 heterocycles. The van der Waals surface area contributed by atoms with Gasteiger partial charge in [-0.05, 0) is 40.0 Å². The molecule has 1 aromatic carbocycles. The maximum absolute atomic E-state index is 10.9. The molecule has 1 aromatic rings. The van der Waals surface area contributed by atoms with Crippen molar-refractivity contribution in [3.8, 4) is 5.75 Å². The maximum Gasteiger partial charge on any atom is 0.264 e. The zero-order chi connectivity index (χ0) is 12.9. The number of halogens is 1. The molecule has 17 heavy (non-hydrogen) atoms. The van der Waals surface area contributed by atoms with Crippen LogP contribution in [0, 0.1) is 0 Å². The summed E-state index contributed by atoms with van der Waals surface area (Å²) in [6.45, 7) is 2.66. The minimum Gasteiger partial charge on any atom is -0.492 e. The summed E-state index contributed by atoms with van der Waals surface area (Å²) in [5, 5.41) is 0. The fraction of sp³-hybridized carbons (Fsp3) is 0.455. The molecule has 0 aliphatic heterocycles.